The van der Waals surface area contributed by atoms with E-state index in [9.17, 15) is 18.0 Å². The van der Waals surface area contributed by atoms with E-state index in [0.29, 0.717) is 19.6 Å². The maximum atomic E-state index is 15.6. The molecule has 0 radical (unpaired) electrons. The lowest BCUT2D eigenvalue weighted by molar-refractivity contribution is -0.137. The van der Waals surface area contributed by atoms with Gasteiger partial charge in [-0.05, 0) is 18.2 Å². The zero-order chi connectivity index (χ0) is 25.5. The molecular weight excluding hydrogens is 470 g/mol. The van der Waals surface area contributed by atoms with Crippen LogP contribution in [0.1, 0.15) is 5.56 Å². The number of amides is 1. The minimum atomic E-state index is -4.81. The number of ether oxygens (including phenoxy) is 1. The zero-order valence-electron chi connectivity index (χ0n) is 18.8. The van der Waals surface area contributed by atoms with Crippen LogP contribution in [0.15, 0.2) is 31.0 Å². The Morgan fingerprint density at radius 1 is 1.29 bits per heavy atom. The lowest BCUT2D eigenvalue weighted by Gasteiger charge is -2.40. The van der Waals surface area contributed by atoms with E-state index < -0.39 is 28.9 Å². The Kier molecular flexibility index (Phi) is 6.17. The van der Waals surface area contributed by atoms with Crippen LogP contribution in [0, 0.1) is 11.7 Å². The van der Waals surface area contributed by atoms with Crippen molar-refractivity contribution in [3.8, 4) is 17.4 Å². The number of rotatable bonds is 6. The van der Waals surface area contributed by atoms with Gasteiger partial charge < -0.3 is 20.3 Å². The fourth-order valence-electron chi connectivity index (χ4n) is 3.92. The average molecular weight is 491 g/mol. The van der Waals surface area contributed by atoms with Crippen molar-refractivity contribution in [2.24, 2.45) is 5.92 Å². The van der Waals surface area contributed by atoms with E-state index in [1.807, 2.05) is 0 Å². The van der Waals surface area contributed by atoms with Crippen molar-refractivity contribution in [3.05, 3.63) is 42.4 Å². The van der Waals surface area contributed by atoms with E-state index in [2.05, 4.69) is 26.5 Å². The molecule has 1 amide bonds. The summed E-state index contributed by atoms with van der Waals surface area (Å²) in [6, 6.07) is 1.53. The number of alkyl halides is 3. The molecule has 3 aromatic heterocycles. The van der Waals surface area contributed by atoms with Gasteiger partial charge in [0.1, 0.15) is 28.5 Å². The molecule has 0 aliphatic carbocycles. The Morgan fingerprint density at radius 2 is 2.00 bits per heavy atom. The molecule has 0 spiro atoms. The van der Waals surface area contributed by atoms with Crippen LogP contribution in [-0.2, 0) is 11.0 Å². The molecule has 4 heterocycles. The SMILES string of the molecule is C=CC(=O)N1CC(CN(C)c2nc(OC)nc3c(F)c(-c4nc(N)ccc4C(F)(F)F)ncc23)C1. The number of hydrogen-bond donors (Lipinski definition) is 1. The van der Waals surface area contributed by atoms with Gasteiger partial charge in [-0.1, -0.05) is 6.58 Å². The van der Waals surface area contributed by atoms with Crippen molar-refractivity contribution in [3.63, 3.8) is 0 Å². The number of aromatic nitrogens is 4. The molecule has 1 aliphatic rings. The number of anilines is 2. The van der Waals surface area contributed by atoms with Crippen LogP contribution in [0.3, 0.4) is 0 Å². The predicted molar refractivity (Wildman–Crippen MR) is 120 cm³/mol. The summed E-state index contributed by atoms with van der Waals surface area (Å²) in [5, 5.41) is 0.172. The summed E-state index contributed by atoms with van der Waals surface area (Å²) >= 11 is 0. The summed E-state index contributed by atoms with van der Waals surface area (Å²) in [6.45, 7) is 4.97. The molecule has 13 heteroatoms. The molecule has 35 heavy (non-hydrogen) atoms. The number of methoxy groups -OCH3 is 1. The highest BCUT2D eigenvalue weighted by Crippen LogP contribution is 2.38. The molecule has 0 atom stereocenters. The van der Waals surface area contributed by atoms with Crippen molar-refractivity contribution in [2.75, 3.05) is 44.4 Å². The second kappa shape index (κ2) is 8.96. The summed E-state index contributed by atoms with van der Waals surface area (Å²) in [6.07, 6.45) is -2.37. The normalized spacial score (nSPS) is 14.1. The molecule has 1 aliphatic heterocycles. The lowest BCUT2D eigenvalue weighted by Crippen LogP contribution is -2.53. The number of nitrogen functional groups attached to an aromatic ring is 1. The third-order valence-electron chi connectivity index (χ3n) is 5.61. The molecule has 3 aromatic rings. The number of carbonyl (C=O) groups excluding carboxylic acids is 1. The fourth-order valence-corrected chi connectivity index (χ4v) is 3.92. The second-order valence-corrected chi connectivity index (χ2v) is 8.04. The van der Waals surface area contributed by atoms with Gasteiger partial charge in [0.05, 0.1) is 18.1 Å². The first kappa shape index (κ1) is 24.1. The van der Waals surface area contributed by atoms with Gasteiger partial charge in [-0.15, -0.1) is 0 Å². The minimum Gasteiger partial charge on any atom is -0.467 e. The number of likely N-dealkylation sites (tertiary alicyclic amines) is 1. The van der Waals surface area contributed by atoms with E-state index in [1.165, 1.54) is 19.4 Å². The van der Waals surface area contributed by atoms with Crippen LogP contribution in [0.2, 0.25) is 0 Å². The molecule has 2 N–H and O–H groups in total. The van der Waals surface area contributed by atoms with Gasteiger partial charge >= 0.3 is 12.2 Å². The molecule has 1 fully saturated rings. The van der Waals surface area contributed by atoms with Gasteiger partial charge in [0, 0.05) is 38.8 Å². The van der Waals surface area contributed by atoms with Crippen LogP contribution in [0.25, 0.3) is 22.3 Å². The van der Waals surface area contributed by atoms with Gasteiger partial charge in [-0.3, -0.25) is 9.78 Å². The van der Waals surface area contributed by atoms with Crippen LogP contribution >= 0.6 is 0 Å². The van der Waals surface area contributed by atoms with E-state index in [0.717, 1.165) is 12.1 Å². The summed E-state index contributed by atoms with van der Waals surface area (Å²) in [4.78, 5) is 31.0. The third-order valence-corrected chi connectivity index (χ3v) is 5.61. The van der Waals surface area contributed by atoms with Crippen molar-refractivity contribution in [1.82, 2.24) is 24.8 Å². The fraction of sp³-hybridized carbons (Fsp3) is 0.318. The first-order chi connectivity index (χ1) is 16.5. The Morgan fingerprint density at radius 3 is 2.63 bits per heavy atom. The second-order valence-electron chi connectivity index (χ2n) is 8.04. The molecule has 9 nitrogen and oxygen atoms in total. The monoisotopic (exact) mass is 491 g/mol. The summed E-state index contributed by atoms with van der Waals surface area (Å²) in [5.41, 5.74) is 2.72. The van der Waals surface area contributed by atoms with Crippen LogP contribution in [0.4, 0.5) is 29.2 Å². The smallest absolute Gasteiger partial charge is 0.418 e. The molecule has 0 aromatic carbocycles. The molecule has 184 valence electrons. The predicted octanol–water partition coefficient (Wildman–Crippen LogP) is 2.92. The van der Waals surface area contributed by atoms with E-state index in [4.69, 9.17) is 10.5 Å². The highest BCUT2D eigenvalue weighted by Gasteiger charge is 2.36. The third kappa shape index (κ3) is 4.53. The van der Waals surface area contributed by atoms with E-state index in [1.54, 1.807) is 16.8 Å². The first-order valence-electron chi connectivity index (χ1n) is 10.4. The highest BCUT2D eigenvalue weighted by molar-refractivity contribution is 5.92. The van der Waals surface area contributed by atoms with Crippen LogP contribution in [-0.4, -0.2) is 64.5 Å². The Labute approximate surface area is 197 Å². The molecule has 1 saturated heterocycles. The number of nitrogens with zero attached hydrogens (tertiary/aromatic N) is 6. The number of halogens is 4. The molecule has 4 rings (SSSR count). The number of carbonyl (C=O) groups is 1. The van der Waals surface area contributed by atoms with Crippen molar-refractivity contribution < 1.29 is 27.1 Å². The quantitative estimate of drug-likeness (QED) is 0.414. The molecule has 0 unspecified atom stereocenters. The maximum absolute atomic E-state index is 15.6. The van der Waals surface area contributed by atoms with Crippen LogP contribution in [0.5, 0.6) is 6.01 Å². The average Bonchev–Trinajstić information content (AvgIpc) is 2.79. The highest BCUT2D eigenvalue weighted by atomic mass is 19.4. The largest absolute Gasteiger partial charge is 0.467 e. The molecule has 0 bridgehead atoms. The number of fused-ring (bicyclic) bond motifs is 1. The van der Waals surface area contributed by atoms with Crippen molar-refractivity contribution >= 4 is 28.4 Å². The van der Waals surface area contributed by atoms with Gasteiger partial charge in [0.2, 0.25) is 5.91 Å². The van der Waals surface area contributed by atoms with E-state index >= 15 is 4.39 Å². The van der Waals surface area contributed by atoms with E-state index in [-0.39, 0.29) is 40.4 Å². The lowest BCUT2D eigenvalue weighted by atomic mass is 9.99. The van der Waals surface area contributed by atoms with Gasteiger partial charge in [0.15, 0.2) is 5.82 Å². The zero-order valence-corrected chi connectivity index (χ0v) is 18.8. The number of pyridine rings is 2. The van der Waals surface area contributed by atoms with Gasteiger partial charge in [-0.25, -0.2) is 9.37 Å². The Bertz CT molecular complexity index is 1310. The topological polar surface area (TPSA) is 110 Å². The van der Waals surface area contributed by atoms with Crippen molar-refractivity contribution in [1.29, 1.82) is 0 Å². The standard InChI is InChI=1S/C22H21F4N7O2/c1-4-15(34)33-9-11(10-33)8-32(2)20-12-7-28-19(16(23)17(12)30-21(31-20)35-3)18-13(22(24,25)26)5-6-14(27)29-18/h4-7,11H,1,8-10H2,2-3H3,(H2,27,29). The van der Waals surface area contributed by atoms with Crippen molar-refractivity contribution in [2.45, 2.75) is 6.18 Å². The number of nitrogens with two attached hydrogens (primary N) is 1. The molecular formula is C22H21F4N7O2. The summed E-state index contributed by atoms with van der Waals surface area (Å²) < 4.78 is 61.4. The van der Waals surface area contributed by atoms with Gasteiger partial charge in [-0.2, -0.15) is 23.1 Å². The number of hydrogen-bond acceptors (Lipinski definition) is 8. The molecule has 0 saturated carbocycles. The van der Waals surface area contributed by atoms with Gasteiger partial charge in [0.25, 0.3) is 0 Å². The Balaban J connectivity index is 1.76. The Hall–Kier alpha value is -4.03. The minimum absolute atomic E-state index is 0.128. The summed E-state index contributed by atoms with van der Waals surface area (Å²) in [5.74, 6) is -1.10. The maximum Gasteiger partial charge on any atom is 0.418 e. The van der Waals surface area contributed by atoms with Crippen LogP contribution < -0.4 is 15.4 Å². The summed E-state index contributed by atoms with van der Waals surface area (Å²) in [7, 11) is 3.00. The first-order valence-corrected chi connectivity index (χ1v) is 10.4.